The molecule has 16 heavy (non-hydrogen) atoms. The van der Waals surface area contributed by atoms with Crippen molar-refractivity contribution in [3.63, 3.8) is 0 Å². The summed E-state index contributed by atoms with van der Waals surface area (Å²) in [6.07, 6.45) is 5.14. The average Bonchev–Trinajstić information content (AvgIpc) is 2.82. The van der Waals surface area contributed by atoms with Gasteiger partial charge in [0.2, 0.25) is 0 Å². The Morgan fingerprint density at radius 1 is 1.50 bits per heavy atom. The van der Waals surface area contributed by atoms with Gasteiger partial charge in [-0.15, -0.1) is 0 Å². The van der Waals surface area contributed by atoms with Gasteiger partial charge >= 0.3 is 0 Å². The van der Waals surface area contributed by atoms with Crippen molar-refractivity contribution in [1.29, 1.82) is 0 Å². The van der Waals surface area contributed by atoms with Crippen molar-refractivity contribution in [3.8, 4) is 0 Å². The van der Waals surface area contributed by atoms with E-state index < -0.39 is 0 Å². The Bertz CT molecular complexity index is 356. The highest BCUT2D eigenvalue weighted by atomic mass is 79.9. The maximum absolute atomic E-state index is 5.39. The van der Waals surface area contributed by atoms with Gasteiger partial charge in [0.1, 0.15) is 0 Å². The maximum atomic E-state index is 5.39. The van der Waals surface area contributed by atoms with Gasteiger partial charge in [-0.2, -0.15) is 5.10 Å². The zero-order valence-corrected chi connectivity index (χ0v) is 10.8. The minimum atomic E-state index is 0.564. The third-order valence-corrected chi connectivity index (χ3v) is 3.83. The number of halogens is 1. The van der Waals surface area contributed by atoms with Gasteiger partial charge in [0.05, 0.1) is 23.3 Å². The van der Waals surface area contributed by atoms with Gasteiger partial charge in [-0.3, -0.25) is 9.58 Å². The summed E-state index contributed by atoms with van der Waals surface area (Å²) >= 11 is 3.43. The first-order valence-corrected chi connectivity index (χ1v) is 6.60. The molecular formula is C11H16BrN3O. The van der Waals surface area contributed by atoms with E-state index in [1.165, 1.54) is 13.0 Å². The van der Waals surface area contributed by atoms with E-state index >= 15 is 0 Å². The molecule has 0 aliphatic carbocycles. The third-order valence-electron chi connectivity index (χ3n) is 3.42. The topological polar surface area (TPSA) is 30.3 Å². The SMILES string of the molecule is Brc1cnn(C2CN(CC3CCOC3)C2)c1. The van der Waals surface area contributed by atoms with Crippen LogP contribution in [0.4, 0.5) is 0 Å². The van der Waals surface area contributed by atoms with E-state index in [0.29, 0.717) is 6.04 Å². The molecule has 0 radical (unpaired) electrons. The average molecular weight is 286 g/mol. The smallest absolute Gasteiger partial charge is 0.0773 e. The summed E-state index contributed by atoms with van der Waals surface area (Å²) in [4.78, 5) is 2.50. The minimum absolute atomic E-state index is 0.564. The molecule has 0 bridgehead atoms. The normalized spacial score (nSPS) is 27.2. The highest BCUT2D eigenvalue weighted by molar-refractivity contribution is 9.10. The highest BCUT2D eigenvalue weighted by Crippen LogP contribution is 2.24. The molecule has 88 valence electrons. The van der Waals surface area contributed by atoms with Crippen LogP contribution in [0.5, 0.6) is 0 Å². The Morgan fingerprint density at radius 3 is 3.00 bits per heavy atom. The Labute approximate surface area is 104 Å². The van der Waals surface area contributed by atoms with Gasteiger partial charge in [-0.05, 0) is 28.3 Å². The summed E-state index contributed by atoms with van der Waals surface area (Å²) in [6.45, 7) is 5.36. The molecule has 0 saturated carbocycles. The van der Waals surface area contributed by atoms with Crippen LogP contribution >= 0.6 is 15.9 Å². The molecule has 1 atom stereocenters. The fourth-order valence-electron chi connectivity index (χ4n) is 2.47. The van der Waals surface area contributed by atoms with Crippen LogP contribution in [-0.2, 0) is 4.74 Å². The van der Waals surface area contributed by atoms with Gasteiger partial charge in [0.25, 0.3) is 0 Å². The molecule has 0 spiro atoms. The predicted molar refractivity (Wildman–Crippen MR) is 64.3 cm³/mol. The standard InChI is InChI=1S/C11H16BrN3O/c12-10-3-13-15(5-10)11-6-14(7-11)4-9-1-2-16-8-9/h3,5,9,11H,1-2,4,6-8H2. The van der Waals surface area contributed by atoms with Crippen molar-refractivity contribution in [2.75, 3.05) is 32.8 Å². The second-order valence-corrected chi connectivity index (χ2v) is 5.66. The van der Waals surface area contributed by atoms with Gasteiger partial charge in [0.15, 0.2) is 0 Å². The van der Waals surface area contributed by atoms with Crippen molar-refractivity contribution in [2.45, 2.75) is 12.5 Å². The lowest BCUT2D eigenvalue weighted by molar-refractivity contribution is 0.0758. The Kier molecular flexibility index (Phi) is 3.00. The molecule has 3 rings (SSSR count). The first kappa shape index (κ1) is 10.7. The zero-order valence-electron chi connectivity index (χ0n) is 9.18. The van der Waals surface area contributed by atoms with Crippen LogP contribution in [0.3, 0.4) is 0 Å². The number of nitrogens with zero attached hydrogens (tertiary/aromatic N) is 3. The number of likely N-dealkylation sites (tertiary alicyclic amines) is 1. The van der Waals surface area contributed by atoms with Gasteiger partial charge in [-0.25, -0.2) is 0 Å². The van der Waals surface area contributed by atoms with E-state index in [1.807, 2.05) is 6.20 Å². The Morgan fingerprint density at radius 2 is 2.38 bits per heavy atom. The summed E-state index contributed by atoms with van der Waals surface area (Å²) in [7, 11) is 0. The fourth-order valence-corrected chi connectivity index (χ4v) is 2.77. The van der Waals surface area contributed by atoms with Gasteiger partial charge in [0, 0.05) is 32.4 Å². The van der Waals surface area contributed by atoms with E-state index in [4.69, 9.17) is 4.74 Å². The molecule has 4 nitrogen and oxygen atoms in total. The molecule has 0 aromatic carbocycles. The van der Waals surface area contributed by atoms with Crippen molar-refractivity contribution in [1.82, 2.24) is 14.7 Å². The molecule has 1 aromatic rings. The summed E-state index contributed by atoms with van der Waals surface area (Å²) in [5.74, 6) is 0.755. The summed E-state index contributed by atoms with van der Waals surface area (Å²) in [5, 5.41) is 4.32. The summed E-state index contributed by atoms with van der Waals surface area (Å²) in [6, 6.07) is 0.564. The lowest BCUT2D eigenvalue weighted by Crippen LogP contribution is -2.49. The van der Waals surface area contributed by atoms with Crippen LogP contribution in [0.15, 0.2) is 16.9 Å². The second kappa shape index (κ2) is 4.47. The fraction of sp³-hybridized carbons (Fsp3) is 0.727. The predicted octanol–water partition coefficient (Wildman–Crippen LogP) is 1.54. The first-order valence-electron chi connectivity index (χ1n) is 5.81. The molecule has 1 aromatic heterocycles. The molecule has 5 heteroatoms. The van der Waals surface area contributed by atoms with E-state index in [9.17, 15) is 0 Å². The number of aromatic nitrogens is 2. The molecule has 2 fully saturated rings. The number of rotatable bonds is 3. The molecule has 1 unspecified atom stereocenters. The van der Waals surface area contributed by atoms with Crippen molar-refractivity contribution >= 4 is 15.9 Å². The monoisotopic (exact) mass is 285 g/mol. The molecule has 3 heterocycles. The highest BCUT2D eigenvalue weighted by Gasteiger charge is 2.31. The number of hydrogen-bond donors (Lipinski definition) is 0. The van der Waals surface area contributed by atoms with Crippen molar-refractivity contribution in [3.05, 3.63) is 16.9 Å². The molecule has 2 aliphatic heterocycles. The van der Waals surface area contributed by atoms with Crippen LogP contribution in [0.1, 0.15) is 12.5 Å². The van der Waals surface area contributed by atoms with Crippen LogP contribution < -0.4 is 0 Å². The van der Waals surface area contributed by atoms with E-state index in [1.54, 1.807) is 0 Å². The van der Waals surface area contributed by atoms with E-state index in [-0.39, 0.29) is 0 Å². The van der Waals surface area contributed by atoms with Crippen molar-refractivity contribution in [2.24, 2.45) is 5.92 Å². The molecule has 2 aliphatic rings. The number of ether oxygens (including phenoxy) is 1. The Balaban J connectivity index is 1.47. The molecule has 0 amide bonds. The van der Waals surface area contributed by atoms with Crippen LogP contribution in [-0.4, -0.2) is 47.5 Å². The van der Waals surface area contributed by atoms with E-state index in [0.717, 1.165) is 36.7 Å². The lowest BCUT2D eigenvalue weighted by atomic mass is 10.0. The van der Waals surface area contributed by atoms with Gasteiger partial charge in [-0.1, -0.05) is 0 Å². The third kappa shape index (κ3) is 2.17. The van der Waals surface area contributed by atoms with Crippen LogP contribution in [0.2, 0.25) is 0 Å². The summed E-state index contributed by atoms with van der Waals surface area (Å²) in [5.41, 5.74) is 0. The largest absolute Gasteiger partial charge is 0.381 e. The van der Waals surface area contributed by atoms with Crippen molar-refractivity contribution < 1.29 is 4.74 Å². The lowest BCUT2D eigenvalue weighted by Gasteiger charge is -2.40. The first-order chi connectivity index (χ1) is 7.81. The Hall–Kier alpha value is -0.390. The molecule has 0 N–H and O–H groups in total. The maximum Gasteiger partial charge on any atom is 0.0773 e. The van der Waals surface area contributed by atoms with Gasteiger partial charge < -0.3 is 4.74 Å². The zero-order chi connectivity index (χ0) is 11.0. The van der Waals surface area contributed by atoms with E-state index in [2.05, 4.69) is 36.8 Å². The second-order valence-electron chi connectivity index (χ2n) is 4.74. The van der Waals surface area contributed by atoms with Crippen LogP contribution in [0, 0.1) is 5.92 Å². The molecular weight excluding hydrogens is 270 g/mol. The number of hydrogen-bond acceptors (Lipinski definition) is 3. The molecule has 2 saturated heterocycles. The van der Waals surface area contributed by atoms with Crippen LogP contribution in [0.25, 0.3) is 0 Å². The quantitative estimate of drug-likeness (QED) is 0.844. The summed E-state index contributed by atoms with van der Waals surface area (Å²) < 4.78 is 8.52. The minimum Gasteiger partial charge on any atom is -0.381 e.